The van der Waals surface area contributed by atoms with E-state index in [1.807, 2.05) is 0 Å². The number of hydrogen-bond acceptors (Lipinski definition) is 1. The molecule has 0 aliphatic rings. The van der Waals surface area contributed by atoms with Gasteiger partial charge in [-0.25, -0.2) is 8.78 Å². The van der Waals surface area contributed by atoms with Gasteiger partial charge in [-0.2, -0.15) is 0 Å². The number of amides is 1. The topological polar surface area (TPSA) is 34.0 Å². The van der Waals surface area contributed by atoms with E-state index in [2.05, 4.69) is 21.2 Å². The normalized spacial score (nSPS) is 10.6. The summed E-state index contributed by atoms with van der Waals surface area (Å²) in [6.45, 7) is 3.07. The van der Waals surface area contributed by atoms with Gasteiger partial charge in [0.1, 0.15) is 11.5 Å². The van der Waals surface area contributed by atoms with E-state index in [9.17, 15) is 13.6 Å². The van der Waals surface area contributed by atoms with Crippen molar-refractivity contribution in [3.05, 3.63) is 46.2 Å². The molecule has 2 aromatic rings. The molecule has 2 rings (SSSR count). The fraction of sp³-hybridized carbons (Fsp3) is 0.154. The molecule has 0 saturated carbocycles. The largest absolute Gasteiger partial charge is 0.324 e. The molecule has 19 heavy (non-hydrogen) atoms. The van der Waals surface area contributed by atoms with Crippen LogP contribution in [0, 0.1) is 18.6 Å². The first kappa shape index (κ1) is 13.7. The Morgan fingerprint density at radius 3 is 2.63 bits per heavy atom. The molecule has 1 N–H and O–H groups in total. The van der Waals surface area contributed by atoms with Crippen LogP contribution in [0.1, 0.15) is 12.6 Å². The van der Waals surface area contributed by atoms with E-state index in [-0.39, 0.29) is 15.8 Å². The van der Waals surface area contributed by atoms with Gasteiger partial charge >= 0.3 is 0 Å². The number of anilines is 1. The summed E-state index contributed by atoms with van der Waals surface area (Å²) < 4.78 is 29.1. The highest BCUT2D eigenvalue weighted by Crippen LogP contribution is 2.32. The average molecular weight is 329 g/mol. The number of carbonyl (C=O) groups is 1. The lowest BCUT2D eigenvalue weighted by Crippen LogP contribution is -2.12. The molecule has 0 aliphatic carbocycles. The van der Waals surface area contributed by atoms with Crippen molar-refractivity contribution in [3.63, 3.8) is 0 Å². The van der Waals surface area contributed by atoms with Crippen molar-refractivity contribution < 1.29 is 13.6 Å². The van der Waals surface area contributed by atoms with Crippen molar-refractivity contribution in [1.29, 1.82) is 0 Å². The molecule has 1 heterocycles. The molecule has 1 aromatic carbocycles. The molecule has 0 atom stereocenters. The van der Waals surface area contributed by atoms with Crippen LogP contribution in [-0.2, 0) is 4.79 Å². The fourth-order valence-corrected chi connectivity index (χ4v) is 2.13. The summed E-state index contributed by atoms with van der Waals surface area (Å²) in [5.74, 6) is -1.93. The Morgan fingerprint density at radius 2 is 2.11 bits per heavy atom. The summed E-state index contributed by atoms with van der Waals surface area (Å²) >= 11 is 2.86. The third kappa shape index (κ3) is 2.53. The molecule has 3 nitrogen and oxygen atoms in total. The molecule has 100 valence electrons. The van der Waals surface area contributed by atoms with Crippen LogP contribution in [-0.4, -0.2) is 10.5 Å². The zero-order valence-corrected chi connectivity index (χ0v) is 11.9. The first-order chi connectivity index (χ1) is 8.91. The third-order valence-corrected chi connectivity index (χ3v) is 3.37. The fourth-order valence-electron chi connectivity index (χ4n) is 1.82. The van der Waals surface area contributed by atoms with Crippen LogP contribution < -0.4 is 5.32 Å². The second-order valence-corrected chi connectivity index (χ2v) is 4.88. The van der Waals surface area contributed by atoms with Gasteiger partial charge in [0.15, 0.2) is 5.82 Å². The van der Waals surface area contributed by atoms with E-state index in [0.29, 0.717) is 0 Å². The van der Waals surface area contributed by atoms with Crippen LogP contribution in [0.25, 0.3) is 5.69 Å². The zero-order valence-electron chi connectivity index (χ0n) is 10.3. The monoisotopic (exact) mass is 328 g/mol. The van der Waals surface area contributed by atoms with Gasteiger partial charge in [-0.1, -0.05) is 0 Å². The molecule has 0 spiro atoms. The summed E-state index contributed by atoms with van der Waals surface area (Å²) in [6.07, 6.45) is 1.64. The van der Waals surface area contributed by atoms with Crippen molar-refractivity contribution in [2.24, 2.45) is 0 Å². The first-order valence-electron chi connectivity index (χ1n) is 5.51. The van der Waals surface area contributed by atoms with Gasteiger partial charge in [0, 0.05) is 24.9 Å². The highest BCUT2D eigenvalue weighted by Gasteiger charge is 2.19. The molecule has 0 fully saturated rings. The second-order valence-electron chi connectivity index (χ2n) is 4.08. The van der Waals surface area contributed by atoms with Gasteiger partial charge < -0.3 is 9.88 Å². The average Bonchev–Trinajstić information content (AvgIpc) is 2.72. The van der Waals surface area contributed by atoms with Crippen molar-refractivity contribution >= 4 is 27.5 Å². The van der Waals surface area contributed by atoms with Crippen molar-refractivity contribution in [3.8, 4) is 5.69 Å². The molecule has 0 bridgehead atoms. The molecule has 0 unspecified atom stereocenters. The maximum absolute atomic E-state index is 14.3. The minimum absolute atomic E-state index is 0.0880. The Kier molecular flexibility index (Phi) is 3.71. The lowest BCUT2D eigenvalue weighted by Gasteiger charge is -2.15. The van der Waals surface area contributed by atoms with Crippen LogP contribution >= 0.6 is 15.9 Å². The number of aryl methyl sites for hydroxylation is 1. The number of nitrogens with zero attached hydrogens (tertiary/aromatic N) is 1. The number of carbonyl (C=O) groups excluding carboxylic acids is 1. The molecule has 1 amide bonds. The summed E-state index contributed by atoms with van der Waals surface area (Å²) in [4.78, 5) is 11.2. The number of aromatic nitrogens is 1. The first-order valence-corrected chi connectivity index (χ1v) is 6.30. The van der Waals surface area contributed by atoms with E-state index in [1.165, 1.54) is 6.92 Å². The SMILES string of the molecule is CC(=O)Nc1cc(F)c(Br)c(F)c1-n1cccc1C. The summed E-state index contributed by atoms with van der Waals surface area (Å²) in [6, 6.07) is 4.61. The van der Waals surface area contributed by atoms with Gasteiger partial charge in [0.2, 0.25) is 5.91 Å². The van der Waals surface area contributed by atoms with Crippen LogP contribution in [0.4, 0.5) is 14.5 Å². The third-order valence-electron chi connectivity index (χ3n) is 2.64. The smallest absolute Gasteiger partial charge is 0.221 e. The zero-order chi connectivity index (χ0) is 14.2. The van der Waals surface area contributed by atoms with Crippen molar-refractivity contribution in [2.75, 3.05) is 5.32 Å². The predicted octanol–water partition coefficient (Wildman–Crippen LogP) is 3.78. The summed E-state index contributed by atoms with van der Waals surface area (Å²) in [5.41, 5.74) is 0.958. The number of hydrogen-bond donors (Lipinski definition) is 1. The molecule has 1 aromatic heterocycles. The van der Waals surface area contributed by atoms with Crippen molar-refractivity contribution in [2.45, 2.75) is 13.8 Å². The summed E-state index contributed by atoms with van der Waals surface area (Å²) in [7, 11) is 0. The maximum Gasteiger partial charge on any atom is 0.221 e. The van der Waals surface area contributed by atoms with Crippen LogP contribution in [0.5, 0.6) is 0 Å². The minimum Gasteiger partial charge on any atom is -0.324 e. The summed E-state index contributed by atoms with van der Waals surface area (Å²) in [5, 5.41) is 2.44. The van der Waals surface area contributed by atoms with E-state index < -0.39 is 17.5 Å². The quantitative estimate of drug-likeness (QED) is 0.836. The van der Waals surface area contributed by atoms with E-state index in [4.69, 9.17) is 0 Å². The molecule has 6 heteroatoms. The molecule has 0 aliphatic heterocycles. The van der Waals surface area contributed by atoms with E-state index in [1.54, 1.807) is 29.8 Å². The van der Waals surface area contributed by atoms with Gasteiger partial charge in [-0.05, 0) is 35.0 Å². The Balaban J connectivity index is 2.73. The van der Waals surface area contributed by atoms with Crippen molar-refractivity contribution in [1.82, 2.24) is 4.57 Å². The minimum atomic E-state index is -0.769. The van der Waals surface area contributed by atoms with Gasteiger partial charge in [-0.15, -0.1) is 0 Å². The van der Waals surface area contributed by atoms with Crippen LogP contribution in [0.15, 0.2) is 28.9 Å². The standard InChI is InChI=1S/C13H11BrF2N2O/c1-7-4-3-5-18(7)13-10(17-8(2)19)6-9(15)11(14)12(13)16/h3-6H,1-2H3,(H,17,19). The number of nitrogens with one attached hydrogen (secondary N) is 1. The number of benzene rings is 1. The molecular formula is C13H11BrF2N2O. The highest BCUT2D eigenvalue weighted by molar-refractivity contribution is 9.10. The Morgan fingerprint density at radius 1 is 1.42 bits per heavy atom. The lowest BCUT2D eigenvalue weighted by atomic mass is 10.2. The van der Waals surface area contributed by atoms with Crippen LogP contribution in [0.3, 0.4) is 0 Å². The molecule has 0 saturated heterocycles. The van der Waals surface area contributed by atoms with E-state index >= 15 is 0 Å². The molecular weight excluding hydrogens is 318 g/mol. The highest BCUT2D eigenvalue weighted by atomic mass is 79.9. The van der Waals surface area contributed by atoms with Crippen LogP contribution in [0.2, 0.25) is 0 Å². The maximum atomic E-state index is 14.3. The Labute approximate surface area is 117 Å². The molecule has 0 radical (unpaired) electrons. The predicted molar refractivity (Wildman–Crippen MR) is 72.4 cm³/mol. The number of rotatable bonds is 2. The second kappa shape index (κ2) is 5.13. The van der Waals surface area contributed by atoms with Gasteiger partial charge in [0.05, 0.1) is 10.2 Å². The Bertz CT molecular complexity index is 652. The van der Waals surface area contributed by atoms with Gasteiger partial charge in [0.25, 0.3) is 0 Å². The van der Waals surface area contributed by atoms with Gasteiger partial charge in [-0.3, -0.25) is 4.79 Å². The van der Waals surface area contributed by atoms with E-state index in [0.717, 1.165) is 11.8 Å². The Hall–Kier alpha value is -1.69. The lowest BCUT2D eigenvalue weighted by molar-refractivity contribution is -0.114. The number of halogens is 3.